The lowest BCUT2D eigenvalue weighted by atomic mass is 10.0. The smallest absolute Gasteiger partial charge is 0.317 e. The summed E-state index contributed by atoms with van der Waals surface area (Å²) in [5.41, 5.74) is 6.21. The molecule has 0 spiro atoms. The molecule has 6 nitrogen and oxygen atoms in total. The molecule has 1 heterocycles. The van der Waals surface area contributed by atoms with Crippen LogP contribution in [0, 0.1) is 6.92 Å². The standard InChI is InChI=1S/C24H21N3O3/c1-16-2-6-18(7-3-16)19-10-12-21(13-11-19)24-26-23(27-30-24)20-8-4-17(5-9-20)14-25-15-22(28)29/h2-13,25H,14-15H2,1H3,(H,28,29). The van der Waals surface area contributed by atoms with Gasteiger partial charge in [-0.25, -0.2) is 0 Å². The Labute approximate surface area is 174 Å². The van der Waals surface area contributed by atoms with Gasteiger partial charge in [-0.3, -0.25) is 4.79 Å². The molecule has 4 rings (SSSR count). The zero-order valence-corrected chi connectivity index (χ0v) is 16.5. The quantitative estimate of drug-likeness (QED) is 0.474. The van der Waals surface area contributed by atoms with Crippen molar-refractivity contribution >= 4 is 5.97 Å². The first-order valence-electron chi connectivity index (χ1n) is 9.61. The highest BCUT2D eigenvalue weighted by molar-refractivity contribution is 5.69. The van der Waals surface area contributed by atoms with E-state index in [9.17, 15) is 4.79 Å². The Hall–Kier alpha value is -3.77. The van der Waals surface area contributed by atoms with E-state index in [2.05, 4.69) is 46.6 Å². The van der Waals surface area contributed by atoms with E-state index in [4.69, 9.17) is 9.63 Å². The number of aromatic nitrogens is 2. The molecule has 0 aliphatic rings. The van der Waals surface area contributed by atoms with Gasteiger partial charge in [0, 0.05) is 17.7 Å². The molecule has 0 bridgehead atoms. The number of benzene rings is 3. The lowest BCUT2D eigenvalue weighted by molar-refractivity contribution is -0.135. The first-order valence-corrected chi connectivity index (χ1v) is 9.61. The Balaban J connectivity index is 1.46. The van der Waals surface area contributed by atoms with Gasteiger partial charge >= 0.3 is 5.97 Å². The third-order valence-electron chi connectivity index (χ3n) is 4.76. The highest BCUT2D eigenvalue weighted by Crippen LogP contribution is 2.26. The van der Waals surface area contributed by atoms with E-state index in [-0.39, 0.29) is 6.54 Å². The molecule has 0 aliphatic heterocycles. The molecule has 6 heteroatoms. The summed E-state index contributed by atoms with van der Waals surface area (Å²) in [4.78, 5) is 15.1. The third-order valence-corrected chi connectivity index (χ3v) is 4.76. The predicted molar refractivity (Wildman–Crippen MR) is 115 cm³/mol. The van der Waals surface area contributed by atoms with Crippen molar-refractivity contribution in [3.63, 3.8) is 0 Å². The first kappa shape index (κ1) is 19.5. The number of aliphatic carboxylic acids is 1. The van der Waals surface area contributed by atoms with Crippen molar-refractivity contribution in [1.29, 1.82) is 0 Å². The van der Waals surface area contributed by atoms with Crippen molar-refractivity contribution in [2.45, 2.75) is 13.5 Å². The summed E-state index contributed by atoms with van der Waals surface area (Å²) in [6.45, 7) is 2.49. The minimum absolute atomic E-state index is 0.0708. The Morgan fingerprint density at radius 2 is 1.43 bits per heavy atom. The molecule has 0 atom stereocenters. The van der Waals surface area contributed by atoms with Gasteiger partial charge in [0.1, 0.15) is 0 Å². The number of carboxylic acids is 1. The van der Waals surface area contributed by atoms with Crippen molar-refractivity contribution in [1.82, 2.24) is 15.5 Å². The summed E-state index contributed by atoms with van der Waals surface area (Å²) < 4.78 is 5.45. The van der Waals surface area contributed by atoms with Crippen LogP contribution in [0.4, 0.5) is 0 Å². The molecule has 0 saturated heterocycles. The molecular weight excluding hydrogens is 378 g/mol. The van der Waals surface area contributed by atoms with Gasteiger partial charge in [0.15, 0.2) is 0 Å². The molecule has 0 amide bonds. The van der Waals surface area contributed by atoms with Crippen LogP contribution in [-0.4, -0.2) is 27.8 Å². The van der Waals surface area contributed by atoms with E-state index >= 15 is 0 Å². The van der Waals surface area contributed by atoms with Crippen LogP contribution < -0.4 is 5.32 Å². The van der Waals surface area contributed by atoms with Gasteiger partial charge in [0.05, 0.1) is 6.54 Å². The Bertz CT molecular complexity index is 1130. The Morgan fingerprint density at radius 1 is 0.867 bits per heavy atom. The summed E-state index contributed by atoms with van der Waals surface area (Å²) in [6.07, 6.45) is 0. The fourth-order valence-electron chi connectivity index (χ4n) is 3.09. The van der Waals surface area contributed by atoms with Crippen LogP contribution in [0.2, 0.25) is 0 Å². The van der Waals surface area contributed by atoms with Crippen molar-refractivity contribution in [2.24, 2.45) is 0 Å². The monoisotopic (exact) mass is 399 g/mol. The van der Waals surface area contributed by atoms with Crippen molar-refractivity contribution < 1.29 is 14.4 Å². The van der Waals surface area contributed by atoms with Crippen molar-refractivity contribution in [3.05, 3.63) is 83.9 Å². The van der Waals surface area contributed by atoms with Crippen LogP contribution in [0.25, 0.3) is 34.0 Å². The normalized spacial score (nSPS) is 10.8. The molecule has 150 valence electrons. The van der Waals surface area contributed by atoms with Crippen LogP contribution in [-0.2, 0) is 11.3 Å². The molecule has 0 saturated carbocycles. The zero-order chi connectivity index (χ0) is 20.9. The SMILES string of the molecule is Cc1ccc(-c2ccc(-c3nc(-c4ccc(CNCC(=O)O)cc4)no3)cc2)cc1. The number of carboxylic acid groups (broad SMARTS) is 1. The zero-order valence-electron chi connectivity index (χ0n) is 16.5. The number of hydrogen-bond donors (Lipinski definition) is 2. The van der Waals surface area contributed by atoms with E-state index in [1.807, 2.05) is 48.5 Å². The van der Waals surface area contributed by atoms with Crippen LogP contribution >= 0.6 is 0 Å². The fraction of sp³-hybridized carbons (Fsp3) is 0.125. The summed E-state index contributed by atoms with van der Waals surface area (Å²) >= 11 is 0. The van der Waals surface area contributed by atoms with E-state index in [1.165, 1.54) is 5.56 Å². The van der Waals surface area contributed by atoms with Gasteiger partial charge in [-0.2, -0.15) is 4.98 Å². The van der Waals surface area contributed by atoms with E-state index in [0.29, 0.717) is 18.3 Å². The number of nitrogens with zero attached hydrogens (tertiary/aromatic N) is 2. The minimum atomic E-state index is -0.877. The molecular formula is C24H21N3O3. The molecule has 4 aromatic rings. The first-order chi connectivity index (χ1) is 14.6. The van der Waals surface area contributed by atoms with Crippen LogP contribution in [0.1, 0.15) is 11.1 Å². The van der Waals surface area contributed by atoms with Gasteiger partial charge in [-0.1, -0.05) is 71.4 Å². The number of carbonyl (C=O) groups is 1. The average Bonchev–Trinajstić information content (AvgIpc) is 3.25. The molecule has 0 aliphatic carbocycles. The van der Waals surface area contributed by atoms with Crippen LogP contribution in [0.3, 0.4) is 0 Å². The van der Waals surface area contributed by atoms with E-state index in [1.54, 1.807) is 0 Å². The molecule has 0 radical (unpaired) electrons. The Morgan fingerprint density at radius 3 is 2.07 bits per heavy atom. The summed E-state index contributed by atoms with van der Waals surface area (Å²) in [7, 11) is 0. The number of hydrogen-bond acceptors (Lipinski definition) is 5. The van der Waals surface area contributed by atoms with Crippen molar-refractivity contribution in [2.75, 3.05) is 6.54 Å². The highest BCUT2D eigenvalue weighted by atomic mass is 16.5. The van der Waals surface area contributed by atoms with Crippen LogP contribution in [0.5, 0.6) is 0 Å². The minimum Gasteiger partial charge on any atom is -0.480 e. The van der Waals surface area contributed by atoms with E-state index in [0.717, 1.165) is 27.8 Å². The summed E-state index contributed by atoms with van der Waals surface area (Å²) in [5, 5.41) is 15.6. The van der Waals surface area contributed by atoms with Gasteiger partial charge in [-0.05, 0) is 35.7 Å². The molecule has 3 aromatic carbocycles. The number of nitrogens with one attached hydrogen (secondary N) is 1. The number of rotatable bonds is 7. The molecule has 0 unspecified atom stereocenters. The van der Waals surface area contributed by atoms with Gasteiger partial charge in [0.2, 0.25) is 5.82 Å². The topological polar surface area (TPSA) is 88.2 Å². The molecule has 30 heavy (non-hydrogen) atoms. The van der Waals surface area contributed by atoms with Crippen molar-refractivity contribution in [3.8, 4) is 34.0 Å². The lowest BCUT2D eigenvalue weighted by Gasteiger charge is -2.03. The molecule has 2 N–H and O–H groups in total. The molecule has 1 aromatic heterocycles. The maximum Gasteiger partial charge on any atom is 0.317 e. The average molecular weight is 399 g/mol. The van der Waals surface area contributed by atoms with Gasteiger partial charge in [0.25, 0.3) is 5.89 Å². The Kier molecular flexibility index (Phi) is 5.68. The summed E-state index contributed by atoms with van der Waals surface area (Å²) in [6, 6.07) is 24.1. The second kappa shape index (κ2) is 8.71. The number of aryl methyl sites for hydroxylation is 1. The second-order valence-corrected chi connectivity index (χ2v) is 7.06. The maximum atomic E-state index is 10.6. The predicted octanol–water partition coefficient (Wildman–Crippen LogP) is 4.55. The highest BCUT2D eigenvalue weighted by Gasteiger charge is 2.11. The van der Waals surface area contributed by atoms with Crippen LogP contribution in [0.15, 0.2) is 77.3 Å². The second-order valence-electron chi connectivity index (χ2n) is 7.06. The fourth-order valence-corrected chi connectivity index (χ4v) is 3.09. The van der Waals surface area contributed by atoms with Gasteiger partial charge < -0.3 is 14.9 Å². The third kappa shape index (κ3) is 4.61. The largest absolute Gasteiger partial charge is 0.480 e. The molecule has 0 fully saturated rings. The summed E-state index contributed by atoms with van der Waals surface area (Å²) in [5.74, 6) is 0.100. The maximum absolute atomic E-state index is 10.6. The van der Waals surface area contributed by atoms with Gasteiger partial charge in [-0.15, -0.1) is 0 Å². The lowest BCUT2D eigenvalue weighted by Crippen LogP contribution is -2.21. The van der Waals surface area contributed by atoms with E-state index < -0.39 is 5.97 Å².